The smallest absolute Gasteiger partial charge is 0.404 e. The van der Waals surface area contributed by atoms with E-state index in [9.17, 15) is 9.59 Å². The molecule has 2 amide bonds. The first-order valence-electron chi connectivity index (χ1n) is 11.7. The number of likely N-dealkylation sites (tertiary alicyclic amines) is 1. The molecule has 0 saturated carbocycles. The maximum absolute atomic E-state index is 13.4. The number of ether oxygens (including phenoxy) is 2. The zero-order valence-electron chi connectivity index (χ0n) is 20.3. The van der Waals surface area contributed by atoms with E-state index in [2.05, 4.69) is 30.5 Å². The summed E-state index contributed by atoms with van der Waals surface area (Å²) in [5, 5.41) is 1.21. The van der Waals surface area contributed by atoms with E-state index in [1.54, 1.807) is 29.4 Å². The van der Waals surface area contributed by atoms with Crippen LogP contribution in [0.15, 0.2) is 24.3 Å². The fourth-order valence-electron chi connectivity index (χ4n) is 5.05. The molecular formula is C25H29N5O4S. The molecule has 4 heterocycles. The number of methoxy groups -OCH3 is 1. The van der Waals surface area contributed by atoms with Gasteiger partial charge in [0.25, 0.3) is 5.91 Å². The van der Waals surface area contributed by atoms with Gasteiger partial charge in [-0.05, 0) is 51.0 Å². The van der Waals surface area contributed by atoms with Crippen molar-refractivity contribution in [2.45, 2.75) is 39.3 Å². The minimum Gasteiger partial charge on any atom is -0.494 e. The Hall–Kier alpha value is -3.53. The molecule has 1 saturated heterocycles. The molecule has 9 nitrogen and oxygen atoms in total. The molecule has 4 aromatic rings. The van der Waals surface area contributed by atoms with Gasteiger partial charge in [-0.15, -0.1) is 11.3 Å². The molecule has 10 heteroatoms. The number of benzene rings is 1. The highest BCUT2D eigenvalue weighted by molar-refractivity contribution is 7.18. The first-order valence-corrected chi connectivity index (χ1v) is 12.5. The van der Waals surface area contributed by atoms with Crippen molar-refractivity contribution in [1.82, 2.24) is 19.0 Å². The summed E-state index contributed by atoms with van der Waals surface area (Å²) in [7, 11) is 3.57. The highest BCUT2D eigenvalue weighted by atomic mass is 32.1. The van der Waals surface area contributed by atoms with E-state index in [0.29, 0.717) is 36.3 Å². The lowest BCUT2D eigenvalue weighted by Crippen LogP contribution is -2.44. The topological polar surface area (TPSA) is 105 Å². The van der Waals surface area contributed by atoms with Gasteiger partial charge >= 0.3 is 6.09 Å². The van der Waals surface area contributed by atoms with E-state index in [4.69, 9.17) is 20.2 Å². The summed E-state index contributed by atoms with van der Waals surface area (Å²) in [6, 6.07) is 7.95. The molecule has 0 aliphatic carbocycles. The molecule has 0 radical (unpaired) electrons. The third-order valence-corrected chi connectivity index (χ3v) is 7.68. The van der Waals surface area contributed by atoms with Crippen molar-refractivity contribution in [3.05, 3.63) is 34.7 Å². The molecule has 1 atom stereocenters. The summed E-state index contributed by atoms with van der Waals surface area (Å²) >= 11 is 1.78. The normalized spacial score (nSPS) is 16.2. The molecule has 184 valence electrons. The molecule has 2 N–H and O–H groups in total. The standard InChI is InChI=1S/C25H29N5O4S/c1-5-30-19(11-16-9-14(2)35-24(16)30)22-27-18-10-15(12-20(33-4)21(18)28(22)3)23(31)29-8-6-7-17(13-29)34-25(26)32/h9-12,17H,5-8,13H2,1-4H3,(H2,26,32). The van der Waals surface area contributed by atoms with Crippen molar-refractivity contribution in [1.29, 1.82) is 0 Å². The molecule has 3 aromatic heterocycles. The first kappa shape index (κ1) is 23.2. The number of hydrogen-bond acceptors (Lipinski definition) is 6. The quantitative estimate of drug-likeness (QED) is 0.445. The fourth-order valence-corrected chi connectivity index (χ4v) is 6.12. The molecule has 1 fully saturated rings. The molecule has 0 bridgehead atoms. The molecular weight excluding hydrogens is 466 g/mol. The van der Waals surface area contributed by atoms with Gasteiger partial charge in [-0.1, -0.05) is 0 Å². The summed E-state index contributed by atoms with van der Waals surface area (Å²) in [4.78, 5) is 33.7. The van der Waals surface area contributed by atoms with Crippen molar-refractivity contribution in [2.75, 3.05) is 20.2 Å². The van der Waals surface area contributed by atoms with Crippen LogP contribution in [0.1, 0.15) is 35.0 Å². The van der Waals surface area contributed by atoms with E-state index < -0.39 is 12.2 Å². The number of hydrogen-bond donors (Lipinski definition) is 1. The zero-order valence-corrected chi connectivity index (χ0v) is 21.1. The van der Waals surface area contributed by atoms with Crippen LogP contribution in [-0.2, 0) is 18.3 Å². The Bertz CT molecular complexity index is 1450. The van der Waals surface area contributed by atoms with E-state index in [1.165, 1.54) is 15.1 Å². The number of nitrogens with zero attached hydrogens (tertiary/aromatic N) is 4. The third-order valence-electron chi connectivity index (χ3n) is 6.59. The fraction of sp³-hybridized carbons (Fsp3) is 0.400. The van der Waals surface area contributed by atoms with Gasteiger partial charge in [0.05, 0.1) is 24.9 Å². The van der Waals surface area contributed by atoms with Gasteiger partial charge in [0, 0.05) is 36.0 Å². The van der Waals surface area contributed by atoms with Crippen molar-refractivity contribution < 1.29 is 19.1 Å². The maximum Gasteiger partial charge on any atom is 0.404 e. The van der Waals surface area contributed by atoms with Crippen LogP contribution >= 0.6 is 11.3 Å². The summed E-state index contributed by atoms with van der Waals surface area (Å²) < 4.78 is 15.1. The maximum atomic E-state index is 13.4. The molecule has 5 rings (SSSR count). The molecule has 1 aromatic carbocycles. The highest BCUT2D eigenvalue weighted by Gasteiger charge is 2.28. The molecule has 1 unspecified atom stereocenters. The van der Waals surface area contributed by atoms with E-state index >= 15 is 0 Å². The Morgan fingerprint density at radius 3 is 2.77 bits per heavy atom. The van der Waals surface area contributed by atoms with Gasteiger partial charge in [0.2, 0.25) is 0 Å². The minimum atomic E-state index is -0.819. The minimum absolute atomic E-state index is 0.150. The number of aryl methyl sites for hydroxylation is 3. The van der Waals surface area contributed by atoms with Gasteiger partial charge in [-0.2, -0.15) is 0 Å². The monoisotopic (exact) mass is 495 g/mol. The van der Waals surface area contributed by atoms with Gasteiger partial charge in [-0.3, -0.25) is 4.79 Å². The van der Waals surface area contributed by atoms with E-state index in [-0.39, 0.29) is 5.91 Å². The Kier molecular flexibility index (Phi) is 5.92. The van der Waals surface area contributed by atoms with Crippen LogP contribution in [0.4, 0.5) is 4.79 Å². The predicted molar refractivity (Wildman–Crippen MR) is 136 cm³/mol. The van der Waals surface area contributed by atoms with Crippen LogP contribution in [0.3, 0.4) is 0 Å². The van der Waals surface area contributed by atoms with Gasteiger partial charge in [0.1, 0.15) is 22.2 Å². The number of fused-ring (bicyclic) bond motifs is 2. The Morgan fingerprint density at radius 2 is 2.06 bits per heavy atom. The highest BCUT2D eigenvalue weighted by Crippen LogP contribution is 2.36. The zero-order chi connectivity index (χ0) is 24.9. The van der Waals surface area contributed by atoms with Crippen molar-refractivity contribution in [2.24, 2.45) is 12.8 Å². The number of aromatic nitrogens is 3. The number of primary amides is 1. The van der Waals surface area contributed by atoms with Crippen LogP contribution in [0.25, 0.3) is 32.8 Å². The van der Waals surface area contributed by atoms with Crippen LogP contribution in [-0.4, -0.2) is 57.3 Å². The van der Waals surface area contributed by atoms with Crippen LogP contribution in [0, 0.1) is 6.92 Å². The number of carbonyl (C=O) groups is 2. The first-order chi connectivity index (χ1) is 16.8. The van der Waals surface area contributed by atoms with Crippen molar-refractivity contribution in [3.8, 4) is 17.3 Å². The average Bonchev–Trinajstić information content (AvgIpc) is 3.46. The lowest BCUT2D eigenvalue weighted by molar-refractivity contribution is 0.0373. The lowest BCUT2D eigenvalue weighted by Gasteiger charge is -2.32. The number of imidazole rings is 1. The number of rotatable bonds is 5. The lowest BCUT2D eigenvalue weighted by atomic mass is 10.1. The van der Waals surface area contributed by atoms with E-state index in [0.717, 1.165) is 30.0 Å². The van der Waals surface area contributed by atoms with Gasteiger partial charge < -0.3 is 29.2 Å². The molecule has 1 aliphatic heterocycles. The van der Waals surface area contributed by atoms with Crippen LogP contribution in [0.5, 0.6) is 5.75 Å². The molecule has 35 heavy (non-hydrogen) atoms. The van der Waals surface area contributed by atoms with Crippen LogP contribution < -0.4 is 10.5 Å². The van der Waals surface area contributed by atoms with Gasteiger partial charge in [0.15, 0.2) is 5.82 Å². The number of carbonyl (C=O) groups excluding carboxylic acids is 2. The van der Waals surface area contributed by atoms with Gasteiger partial charge in [-0.25, -0.2) is 9.78 Å². The second-order valence-electron chi connectivity index (χ2n) is 8.88. The molecule has 1 aliphatic rings. The Balaban J connectivity index is 1.55. The summed E-state index contributed by atoms with van der Waals surface area (Å²) in [6.45, 7) is 5.98. The summed E-state index contributed by atoms with van der Waals surface area (Å²) in [6.07, 6.45) is 0.214. The second-order valence-corrected chi connectivity index (χ2v) is 10.1. The summed E-state index contributed by atoms with van der Waals surface area (Å²) in [5.74, 6) is 1.25. The average molecular weight is 496 g/mol. The van der Waals surface area contributed by atoms with Crippen LogP contribution in [0.2, 0.25) is 0 Å². The Labute approximate surface area is 207 Å². The molecule has 0 spiro atoms. The SMILES string of the molecule is CCn1c(-c2nc3cc(C(=O)N4CCCC(OC(N)=O)C4)cc(OC)c3n2C)cc2cc(C)sc21. The number of amides is 2. The summed E-state index contributed by atoms with van der Waals surface area (Å²) in [5.41, 5.74) is 8.21. The van der Waals surface area contributed by atoms with E-state index in [1.807, 2.05) is 17.7 Å². The van der Waals surface area contributed by atoms with Crippen molar-refractivity contribution >= 4 is 44.6 Å². The Morgan fingerprint density at radius 1 is 1.26 bits per heavy atom. The van der Waals surface area contributed by atoms with Crippen molar-refractivity contribution in [3.63, 3.8) is 0 Å². The second kappa shape index (κ2) is 8.92. The largest absolute Gasteiger partial charge is 0.494 e. The number of thiophene rings is 1. The number of piperidine rings is 1. The predicted octanol–water partition coefficient (Wildman–Crippen LogP) is 4.29. The number of nitrogens with two attached hydrogens (primary N) is 1. The third kappa shape index (κ3) is 4.01.